The first kappa shape index (κ1) is 13.1. The number of nitrogens with one attached hydrogen (secondary N) is 2. The van der Waals surface area contributed by atoms with Crippen LogP contribution in [0.5, 0.6) is 0 Å². The highest BCUT2D eigenvalue weighted by Crippen LogP contribution is 1.98. The van der Waals surface area contributed by atoms with Crippen molar-refractivity contribution in [2.45, 2.75) is 26.2 Å². The van der Waals surface area contributed by atoms with Crippen molar-refractivity contribution < 1.29 is 4.79 Å². The summed E-state index contributed by atoms with van der Waals surface area (Å²) < 4.78 is 0. The molecular formula is C8H16N6O. The van der Waals surface area contributed by atoms with E-state index in [0.29, 0.717) is 17.7 Å². The number of aldehydes is 1. The predicted molar refractivity (Wildman–Crippen MR) is 58.7 cm³/mol. The minimum Gasteiger partial charge on any atom is -0.368 e. The highest BCUT2D eigenvalue weighted by atomic mass is 16.1. The summed E-state index contributed by atoms with van der Waals surface area (Å²) in [5.41, 5.74) is 10.5. The largest absolute Gasteiger partial charge is 0.368 e. The maximum absolute atomic E-state index is 10.6. The molecule has 0 atom stereocenters. The van der Waals surface area contributed by atoms with E-state index in [1.54, 1.807) is 0 Å². The maximum atomic E-state index is 10.6. The molecular weight excluding hydrogens is 196 g/mol. The molecule has 0 aliphatic heterocycles. The summed E-state index contributed by atoms with van der Waals surface area (Å²) in [6, 6.07) is 0. The fourth-order valence-corrected chi connectivity index (χ4v) is 0.856. The molecule has 0 radical (unpaired) electrons. The van der Waals surface area contributed by atoms with Gasteiger partial charge in [-0.1, -0.05) is 13.3 Å². The molecule has 0 fully saturated rings. The van der Waals surface area contributed by atoms with Crippen LogP contribution in [0, 0.1) is 10.8 Å². The zero-order valence-electron chi connectivity index (χ0n) is 8.66. The van der Waals surface area contributed by atoms with E-state index < -0.39 is 11.9 Å². The Morgan fingerprint density at radius 1 is 1.40 bits per heavy atom. The second-order valence-electron chi connectivity index (χ2n) is 2.90. The Morgan fingerprint density at radius 3 is 2.27 bits per heavy atom. The molecule has 0 unspecified atom stereocenters. The lowest BCUT2D eigenvalue weighted by Crippen LogP contribution is -2.42. The molecule has 6 N–H and O–H groups in total. The van der Waals surface area contributed by atoms with Crippen LogP contribution in [0.1, 0.15) is 26.2 Å². The summed E-state index contributed by atoms with van der Waals surface area (Å²) in [6.07, 6.45) is 2.79. The van der Waals surface area contributed by atoms with Crippen LogP contribution in [-0.2, 0) is 4.79 Å². The zero-order chi connectivity index (χ0) is 11.8. The fraction of sp³-hybridized carbons (Fsp3) is 0.500. The Kier molecular flexibility index (Phi) is 5.69. The molecule has 84 valence electrons. The van der Waals surface area contributed by atoms with E-state index in [2.05, 4.69) is 5.10 Å². The maximum Gasteiger partial charge on any atom is 0.216 e. The normalized spacial score (nSPS) is 10.9. The number of hydrogen-bond acceptors (Lipinski definition) is 4. The number of carbonyl (C=O) groups is 1. The lowest BCUT2D eigenvalue weighted by molar-refractivity contribution is -0.102. The summed E-state index contributed by atoms with van der Waals surface area (Å²) in [4.78, 5) is 10.6. The summed E-state index contributed by atoms with van der Waals surface area (Å²) in [5.74, 6) is -0.975. The van der Waals surface area contributed by atoms with Gasteiger partial charge in [-0.2, -0.15) is 10.1 Å². The third-order valence-corrected chi connectivity index (χ3v) is 1.61. The Morgan fingerprint density at radius 2 is 1.93 bits per heavy atom. The van der Waals surface area contributed by atoms with Crippen molar-refractivity contribution in [1.29, 1.82) is 10.8 Å². The van der Waals surface area contributed by atoms with Crippen molar-refractivity contribution in [3.05, 3.63) is 0 Å². The number of nitrogens with two attached hydrogens (primary N) is 2. The molecule has 0 aliphatic rings. The molecule has 0 aliphatic carbocycles. The molecule has 0 amide bonds. The van der Waals surface area contributed by atoms with E-state index in [4.69, 9.17) is 22.3 Å². The molecule has 0 aromatic heterocycles. The number of nitrogens with zero attached hydrogens (tertiary/aromatic N) is 2. The van der Waals surface area contributed by atoms with Crippen LogP contribution in [0.2, 0.25) is 0 Å². The molecule has 0 saturated carbocycles. The molecule has 15 heavy (non-hydrogen) atoms. The van der Waals surface area contributed by atoms with Crippen molar-refractivity contribution in [2.75, 3.05) is 0 Å². The topological polar surface area (TPSA) is 132 Å². The number of guanidine groups is 2. The lowest BCUT2D eigenvalue weighted by Gasteiger charge is -2.14. The third kappa shape index (κ3) is 4.75. The molecule has 0 spiro atoms. The van der Waals surface area contributed by atoms with Crippen LogP contribution in [-0.4, -0.2) is 28.9 Å². The Balaban J connectivity index is 4.68. The quantitative estimate of drug-likeness (QED) is 0.218. The van der Waals surface area contributed by atoms with Gasteiger partial charge < -0.3 is 11.5 Å². The molecule has 0 rings (SSSR count). The van der Waals surface area contributed by atoms with Gasteiger partial charge in [-0.3, -0.25) is 15.6 Å². The van der Waals surface area contributed by atoms with E-state index in [1.807, 2.05) is 6.92 Å². The summed E-state index contributed by atoms with van der Waals surface area (Å²) in [6.45, 7) is 1.98. The molecule has 0 saturated heterocycles. The molecule has 0 heterocycles. The number of hydrogen-bond donors (Lipinski definition) is 4. The van der Waals surface area contributed by atoms with Crippen molar-refractivity contribution in [3.63, 3.8) is 0 Å². The van der Waals surface area contributed by atoms with E-state index in [1.165, 1.54) is 0 Å². The minimum atomic E-state index is -0.488. The Hall–Kier alpha value is -1.92. The first-order valence-electron chi connectivity index (χ1n) is 4.53. The Bertz CT molecular complexity index is 271. The predicted octanol–water partition coefficient (Wildman–Crippen LogP) is -0.180. The molecule has 7 nitrogen and oxygen atoms in total. The van der Waals surface area contributed by atoms with E-state index in [0.717, 1.165) is 12.8 Å². The number of carbonyl (C=O) groups excluding carboxylic acids is 1. The molecule has 7 heteroatoms. The summed E-state index contributed by atoms with van der Waals surface area (Å²) >= 11 is 0. The van der Waals surface area contributed by atoms with Crippen LogP contribution in [0.4, 0.5) is 0 Å². The van der Waals surface area contributed by atoms with Gasteiger partial charge in [0, 0.05) is 0 Å². The molecule has 0 aromatic carbocycles. The zero-order valence-corrected chi connectivity index (χ0v) is 8.66. The van der Waals surface area contributed by atoms with Gasteiger partial charge in [0.15, 0.2) is 6.29 Å². The van der Waals surface area contributed by atoms with Crippen molar-refractivity contribution in [1.82, 2.24) is 5.01 Å². The number of rotatable bonds is 5. The standard InChI is InChI=1S/C8H16N6O/c1-2-3-4-6(5-15)13-14(7(9)10)8(11)12/h5H,2-4H2,1H3,(H3,9,10)(H3,11,12)/b13-6+. The molecule has 0 aromatic rings. The van der Waals surface area contributed by atoms with Gasteiger partial charge in [-0.25, -0.2) is 0 Å². The average molecular weight is 212 g/mol. The van der Waals surface area contributed by atoms with E-state index >= 15 is 0 Å². The Labute approximate surface area is 88.1 Å². The number of hydrazone groups is 1. The summed E-state index contributed by atoms with van der Waals surface area (Å²) in [7, 11) is 0. The van der Waals surface area contributed by atoms with Gasteiger partial charge in [0.1, 0.15) is 5.71 Å². The second-order valence-corrected chi connectivity index (χ2v) is 2.90. The van der Waals surface area contributed by atoms with Gasteiger partial charge >= 0.3 is 0 Å². The number of unbranched alkanes of at least 4 members (excludes halogenated alkanes) is 1. The van der Waals surface area contributed by atoms with Gasteiger partial charge in [0.2, 0.25) is 11.9 Å². The first-order chi connectivity index (χ1) is 7.02. The van der Waals surface area contributed by atoms with Gasteiger partial charge in [0.25, 0.3) is 0 Å². The van der Waals surface area contributed by atoms with Crippen LogP contribution >= 0.6 is 0 Å². The first-order valence-corrected chi connectivity index (χ1v) is 4.53. The monoisotopic (exact) mass is 212 g/mol. The average Bonchev–Trinajstić information content (AvgIpc) is 2.17. The molecule has 0 bridgehead atoms. The van der Waals surface area contributed by atoms with Gasteiger partial charge in [-0.05, 0) is 12.8 Å². The fourth-order valence-electron chi connectivity index (χ4n) is 0.856. The second kappa shape index (κ2) is 6.52. The SMILES string of the molecule is CCCC/C(C=O)=N\N(C(=N)N)C(=N)N. The third-order valence-electron chi connectivity index (χ3n) is 1.61. The van der Waals surface area contributed by atoms with Crippen LogP contribution in [0.3, 0.4) is 0 Å². The van der Waals surface area contributed by atoms with Crippen molar-refractivity contribution >= 4 is 23.9 Å². The van der Waals surface area contributed by atoms with Crippen molar-refractivity contribution in [2.24, 2.45) is 16.6 Å². The van der Waals surface area contributed by atoms with Crippen LogP contribution < -0.4 is 11.5 Å². The van der Waals surface area contributed by atoms with Gasteiger partial charge in [-0.15, -0.1) is 0 Å². The summed E-state index contributed by atoms with van der Waals surface area (Å²) in [5, 5.41) is 18.6. The van der Waals surface area contributed by atoms with Crippen LogP contribution in [0.15, 0.2) is 5.10 Å². The van der Waals surface area contributed by atoms with Crippen LogP contribution in [0.25, 0.3) is 0 Å². The highest BCUT2D eigenvalue weighted by Gasteiger charge is 2.09. The van der Waals surface area contributed by atoms with E-state index in [9.17, 15) is 4.79 Å². The van der Waals surface area contributed by atoms with E-state index in [-0.39, 0.29) is 5.71 Å². The smallest absolute Gasteiger partial charge is 0.216 e. The lowest BCUT2D eigenvalue weighted by atomic mass is 10.2. The van der Waals surface area contributed by atoms with Gasteiger partial charge in [0.05, 0.1) is 0 Å². The minimum absolute atomic E-state index is 0.224. The van der Waals surface area contributed by atoms with Crippen molar-refractivity contribution in [3.8, 4) is 0 Å². The highest BCUT2D eigenvalue weighted by molar-refractivity contribution is 6.28.